The van der Waals surface area contributed by atoms with Gasteiger partial charge in [-0.05, 0) is 46.4 Å². The molecule has 0 aliphatic carbocycles. The molecular weight excluding hydrogens is 323 g/mol. The van der Waals surface area contributed by atoms with Gasteiger partial charge in [0.25, 0.3) is 5.69 Å². The second-order valence-electron chi connectivity index (χ2n) is 6.94. The highest BCUT2D eigenvalue weighted by Gasteiger charge is 2.17. The normalized spacial score (nSPS) is 12.7. The van der Waals surface area contributed by atoms with Crippen molar-refractivity contribution in [3.8, 4) is 16.9 Å². The van der Waals surface area contributed by atoms with Crippen LogP contribution in [-0.2, 0) is 5.41 Å². The molecule has 0 amide bonds. The third kappa shape index (κ3) is 5.00. The van der Waals surface area contributed by atoms with Gasteiger partial charge in [0.15, 0.2) is 0 Å². The van der Waals surface area contributed by atoms with Gasteiger partial charge in [-0.2, -0.15) is 0 Å². The van der Waals surface area contributed by atoms with Crippen molar-refractivity contribution in [3.63, 3.8) is 0 Å². The Labute approximate surface area is 146 Å². The Bertz CT molecular complexity index is 739. The number of alkyl halides is 1. The van der Waals surface area contributed by atoms with Crippen LogP contribution in [0.1, 0.15) is 26.3 Å². The molecule has 0 radical (unpaired) electrons. The number of ether oxygens (including phenoxy) is 1. The minimum Gasteiger partial charge on any atom is -0.490 e. The molecule has 0 saturated carbocycles. The summed E-state index contributed by atoms with van der Waals surface area (Å²) in [5, 5.41) is 10.8. The first kappa shape index (κ1) is 18.9. The van der Waals surface area contributed by atoms with Crippen molar-refractivity contribution in [2.24, 2.45) is 5.73 Å². The van der Waals surface area contributed by atoms with Crippen LogP contribution in [0.2, 0.25) is 0 Å². The fraction of sp³-hybridized carbons (Fsp3) is 0.368. The third-order valence-electron chi connectivity index (χ3n) is 3.87. The van der Waals surface area contributed by atoms with Crippen LogP contribution in [0.5, 0.6) is 5.75 Å². The minimum absolute atomic E-state index is 0.0374. The van der Waals surface area contributed by atoms with Crippen LogP contribution in [-0.4, -0.2) is 24.2 Å². The lowest BCUT2D eigenvalue weighted by molar-refractivity contribution is -0.384. The molecule has 2 rings (SSSR count). The van der Waals surface area contributed by atoms with Gasteiger partial charge in [-0.25, -0.2) is 4.39 Å². The maximum Gasteiger partial charge on any atom is 0.269 e. The van der Waals surface area contributed by atoms with Crippen molar-refractivity contribution in [2.45, 2.75) is 32.4 Å². The molecule has 134 valence electrons. The van der Waals surface area contributed by atoms with E-state index in [1.807, 2.05) is 12.1 Å². The molecule has 0 unspecified atom stereocenters. The van der Waals surface area contributed by atoms with E-state index in [0.29, 0.717) is 5.75 Å². The molecule has 2 N–H and O–H groups in total. The van der Waals surface area contributed by atoms with Gasteiger partial charge in [-0.15, -0.1) is 0 Å². The van der Waals surface area contributed by atoms with Gasteiger partial charge < -0.3 is 10.5 Å². The van der Waals surface area contributed by atoms with Crippen LogP contribution in [0.15, 0.2) is 42.5 Å². The van der Waals surface area contributed by atoms with Crippen molar-refractivity contribution in [1.82, 2.24) is 0 Å². The first-order valence-corrected chi connectivity index (χ1v) is 8.08. The van der Waals surface area contributed by atoms with Crippen LogP contribution in [0.3, 0.4) is 0 Å². The molecule has 2 aromatic rings. The van der Waals surface area contributed by atoms with E-state index in [0.717, 1.165) is 16.7 Å². The van der Waals surface area contributed by atoms with E-state index in [1.165, 1.54) is 12.1 Å². The first-order valence-electron chi connectivity index (χ1n) is 8.08. The Morgan fingerprint density at radius 3 is 2.32 bits per heavy atom. The van der Waals surface area contributed by atoms with Crippen molar-refractivity contribution in [1.29, 1.82) is 0 Å². The van der Waals surface area contributed by atoms with E-state index >= 15 is 0 Å². The zero-order valence-electron chi connectivity index (χ0n) is 14.7. The summed E-state index contributed by atoms with van der Waals surface area (Å²) in [7, 11) is 0. The van der Waals surface area contributed by atoms with Crippen LogP contribution < -0.4 is 10.5 Å². The van der Waals surface area contributed by atoms with Crippen LogP contribution >= 0.6 is 0 Å². The Morgan fingerprint density at radius 1 is 1.16 bits per heavy atom. The van der Waals surface area contributed by atoms with Crippen LogP contribution in [0, 0.1) is 10.1 Å². The number of nitro benzene ring substituents is 1. The fourth-order valence-electron chi connectivity index (χ4n) is 2.31. The lowest BCUT2D eigenvalue weighted by Crippen LogP contribution is -2.22. The van der Waals surface area contributed by atoms with Crippen molar-refractivity contribution in [3.05, 3.63) is 58.1 Å². The van der Waals surface area contributed by atoms with Crippen molar-refractivity contribution in [2.75, 3.05) is 13.2 Å². The Kier molecular flexibility index (Phi) is 5.74. The molecule has 0 saturated heterocycles. The summed E-state index contributed by atoms with van der Waals surface area (Å²) in [6.07, 6.45) is -1.22. The third-order valence-corrected chi connectivity index (χ3v) is 3.87. The number of nitrogens with zero attached hydrogens (tertiary/aromatic N) is 1. The van der Waals surface area contributed by atoms with Gasteiger partial charge in [0.05, 0.1) is 4.92 Å². The van der Waals surface area contributed by atoms with Gasteiger partial charge in [-0.1, -0.05) is 26.8 Å². The van der Waals surface area contributed by atoms with Crippen LogP contribution in [0.4, 0.5) is 10.1 Å². The Balaban J connectivity index is 2.40. The van der Waals surface area contributed by atoms with Crippen LogP contribution in [0.25, 0.3) is 11.1 Å². The molecule has 0 fully saturated rings. The lowest BCUT2D eigenvalue weighted by Gasteiger charge is -2.22. The summed E-state index contributed by atoms with van der Waals surface area (Å²) in [6.45, 7) is 6.02. The molecule has 5 nitrogen and oxygen atoms in total. The SMILES string of the molecule is CC(C)(C)c1cc(OC[C@H](F)CN)cc(-c2ccc([N+](=O)[O-])cc2)c1. The van der Waals surface area contributed by atoms with E-state index in [1.54, 1.807) is 18.2 Å². The topological polar surface area (TPSA) is 78.4 Å². The predicted molar refractivity (Wildman–Crippen MR) is 96.7 cm³/mol. The van der Waals surface area contributed by atoms with E-state index < -0.39 is 11.1 Å². The number of hydrogen-bond donors (Lipinski definition) is 1. The Hall–Kier alpha value is -2.47. The molecule has 25 heavy (non-hydrogen) atoms. The number of nitrogens with two attached hydrogens (primary N) is 1. The number of benzene rings is 2. The monoisotopic (exact) mass is 346 g/mol. The van der Waals surface area contributed by atoms with Gasteiger partial charge in [0.2, 0.25) is 0 Å². The smallest absolute Gasteiger partial charge is 0.269 e. The number of non-ortho nitro benzene ring substituents is 1. The zero-order chi connectivity index (χ0) is 18.6. The van der Waals surface area contributed by atoms with Gasteiger partial charge in [0.1, 0.15) is 18.5 Å². The highest BCUT2D eigenvalue weighted by Crippen LogP contribution is 2.33. The molecule has 0 aliphatic heterocycles. The second-order valence-corrected chi connectivity index (χ2v) is 6.94. The standard InChI is InChI=1S/C19H23FN2O3/c1-19(2,3)15-8-14(9-18(10-15)25-12-16(20)11-21)13-4-6-17(7-5-13)22(23)24/h4-10,16H,11-12,21H2,1-3H3/t16-/m1/s1. The molecule has 2 aromatic carbocycles. The molecule has 0 aliphatic rings. The molecule has 0 spiro atoms. The molecular formula is C19H23FN2O3. The maximum atomic E-state index is 13.4. The summed E-state index contributed by atoms with van der Waals surface area (Å²) in [4.78, 5) is 10.4. The summed E-state index contributed by atoms with van der Waals surface area (Å²) in [5.41, 5.74) is 7.92. The van der Waals surface area contributed by atoms with E-state index in [-0.39, 0.29) is 24.3 Å². The predicted octanol–water partition coefficient (Wildman–Crippen LogP) is 4.23. The summed E-state index contributed by atoms with van der Waals surface area (Å²) in [6, 6.07) is 12.0. The molecule has 0 aromatic heterocycles. The van der Waals surface area contributed by atoms with E-state index in [4.69, 9.17) is 10.5 Å². The van der Waals surface area contributed by atoms with Crippen molar-refractivity contribution >= 4 is 5.69 Å². The molecule has 0 bridgehead atoms. The highest BCUT2D eigenvalue weighted by atomic mass is 19.1. The number of halogens is 1. The Morgan fingerprint density at radius 2 is 1.80 bits per heavy atom. The van der Waals surface area contributed by atoms with E-state index in [2.05, 4.69) is 20.8 Å². The average Bonchev–Trinajstić information content (AvgIpc) is 2.58. The second kappa shape index (κ2) is 7.61. The first-order chi connectivity index (χ1) is 11.7. The largest absolute Gasteiger partial charge is 0.490 e. The quantitative estimate of drug-likeness (QED) is 0.627. The molecule has 0 heterocycles. The highest BCUT2D eigenvalue weighted by molar-refractivity contribution is 5.67. The summed E-state index contributed by atoms with van der Waals surface area (Å²) in [5.74, 6) is 0.553. The number of rotatable bonds is 6. The zero-order valence-corrected chi connectivity index (χ0v) is 14.7. The summed E-state index contributed by atoms with van der Waals surface area (Å²) >= 11 is 0. The average molecular weight is 346 g/mol. The maximum absolute atomic E-state index is 13.4. The lowest BCUT2D eigenvalue weighted by atomic mass is 9.85. The van der Waals surface area contributed by atoms with Crippen molar-refractivity contribution < 1.29 is 14.1 Å². The van der Waals surface area contributed by atoms with Gasteiger partial charge >= 0.3 is 0 Å². The number of hydrogen-bond acceptors (Lipinski definition) is 4. The fourth-order valence-corrected chi connectivity index (χ4v) is 2.31. The minimum atomic E-state index is -1.22. The van der Waals surface area contributed by atoms with E-state index in [9.17, 15) is 14.5 Å². The van der Waals surface area contributed by atoms with Gasteiger partial charge in [0, 0.05) is 18.7 Å². The molecule has 6 heteroatoms. The summed E-state index contributed by atoms with van der Waals surface area (Å²) < 4.78 is 18.9. The molecule has 1 atom stereocenters. The van der Waals surface area contributed by atoms with Gasteiger partial charge in [-0.3, -0.25) is 10.1 Å². The number of nitro groups is 1.